The first-order valence-electron chi connectivity index (χ1n) is 6.44. The first-order chi connectivity index (χ1) is 8.17. The Morgan fingerprint density at radius 1 is 1.18 bits per heavy atom. The fourth-order valence-electron chi connectivity index (χ4n) is 2.98. The van der Waals surface area contributed by atoms with Gasteiger partial charge in [0.2, 0.25) is 0 Å². The van der Waals surface area contributed by atoms with Crippen molar-refractivity contribution in [2.75, 3.05) is 5.32 Å². The number of hydrogen-bond donors (Lipinski definition) is 1. The Labute approximate surface area is 104 Å². The third-order valence-corrected chi connectivity index (χ3v) is 3.54. The fraction of sp³-hybridized carbons (Fsp3) is 0.533. The van der Waals surface area contributed by atoms with Crippen molar-refractivity contribution in [1.29, 1.82) is 5.26 Å². The lowest BCUT2D eigenvalue weighted by Crippen LogP contribution is -2.30. The maximum absolute atomic E-state index is 8.87. The Kier molecular flexibility index (Phi) is 3.68. The SMILES string of the molecule is CC1CC(C)CC(Nc2cccc(C#N)c2)C1. The van der Waals surface area contributed by atoms with Crippen molar-refractivity contribution in [2.45, 2.75) is 39.2 Å². The molecular formula is C15H20N2. The van der Waals surface area contributed by atoms with E-state index in [2.05, 4.69) is 25.2 Å². The van der Waals surface area contributed by atoms with Crippen LogP contribution in [-0.4, -0.2) is 6.04 Å². The number of benzene rings is 1. The monoisotopic (exact) mass is 228 g/mol. The minimum atomic E-state index is 0.558. The summed E-state index contributed by atoms with van der Waals surface area (Å²) >= 11 is 0. The molecular weight excluding hydrogens is 208 g/mol. The normalized spacial score (nSPS) is 28.4. The maximum Gasteiger partial charge on any atom is 0.0992 e. The van der Waals surface area contributed by atoms with E-state index in [-0.39, 0.29) is 0 Å². The third kappa shape index (κ3) is 3.23. The van der Waals surface area contributed by atoms with E-state index in [1.54, 1.807) is 0 Å². The molecule has 0 amide bonds. The number of anilines is 1. The predicted octanol–water partition coefficient (Wildman–Crippen LogP) is 3.79. The predicted molar refractivity (Wildman–Crippen MR) is 70.7 cm³/mol. The van der Waals surface area contributed by atoms with E-state index in [9.17, 15) is 0 Å². The summed E-state index contributed by atoms with van der Waals surface area (Å²) in [6.45, 7) is 4.66. The van der Waals surface area contributed by atoms with Crippen molar-refractivity contribution in [3.8, 4) is 6.07 Å². The lowest BCUT2D eigenvalue weighted by molar-refractivity contribution is 0.281. The first-order valence-corrected chi connectivity index (χ1v) is 6.44. The minimum Gasteiger partial charge on any atom is -0.382 e. The van der Waals surface area contributed by atoms with Gasteiger partial charge in [-0.05, 0) is 49.3 Å². The Morgan fingerprint density at radius 3 is 2.53 bits per heavy atom. The number of rotatable bonds is 2. The van der Waals surface area contributed by atoms with E-state index < -0.39 is 0 Å². The molecule has 2 rings (SSSR count). The highest BCUT2D eigenvalue weighted by Crippen LogP contribution is 2.30. The summed E-state index contributed by atoms with van der Waals surface area (Å²) in [6.07, 6.45) is 3.82. The van der Waals surface area contributed by atoms with Crippen LogP contribution in [0.15, 0.2) is 24.3 Å². The van der Waals surface area contributed by atoms with Gasteiger partial charge in [0.1, 0.15) is 0 Å². The second kappa shape index (κ2) is 5.23. The van der Waals surface area contributed by atoms with Crippen LogP contribution in [0.25, 0.3) is 0 Å². The zero-order valence-electron chi connectivity index (χ0n) is 10.6. The second-order valence-corrected chi connectivity index (χ2v) is 5.45. The van der Waals surface area contributed by atoms with Gasteiger partial charge in [-0.1, -0.05) is 19.9 Å². The van der Waals surface area contributed by atoms with Gasteiger partial charge in [0, 0.05) is 11.7 Å². The highest BCUT2D eigenvalue weighted by molar-refractivity contribution is 5.49. The maximum atomic E-state index is 8.87. The van der Waals surface area contributed by atoms with E-state index in [1.165, 1.54) is 19.3 Å². The quantitative estimate of drug-likeness (QED) is 0.835. The van der Waals surface area contributed by atoms with Crippen molar-refractivity contribution >= 4 is 5.69 Å². The summed E-state index contributed by atoms with van der Waals surface area (Å²) in [6, 6.07) is 10.5. The molecule has 1 fully saturated rings. The molecule has 90 valence electrons. The highest BCUT2D eigenvalue weighted by Gasteiger charge is 2.23. The van der Waals surface area contributed by atoms with E-state index >= 15 is 0 Å². The average Bonchev–Trinajstić information content (AvgIpc) is 2.28. The lowest BCUT2D eigenvalue weighted by Gasteiger charge is -2.32. The van der Waals surface area contributed by atoms with E-state index in [1.807, 2.05) is 24.3 Å². The Morgan fingerprint density at radius 2 is 1.88 bits per heavy atom. The summed E-state index contributed by atoms with van der Waals surface area (Å²) in [7, 11) is 0. The number of nitriles is 1. The van der Waals surface area contributed by atoms with E-state index in [4.69, 9.17) is 5.26 Å². The van der Waals surface area contributed by atoms with Crippen LogP contribution in [0.4, 0.5) is 5.69 Å². The van der Waals surface area contributed by atoms with Gasteiger partial charge in [0.05, 0.1) is 11.6 Å². The molecule has 2 heteroatoms. The molecule has 1 aliphatic carbocycles. The molecule has 0 spiro atoms. The molecule has 0 aromatic heterocycles. The van der Waals surface area contributed by atoms with Crippen LogP contribution in [0.3, 0.4) is 0 Å². The molecule has 0 aliphatic heterocycles. The van der Waals surface area contributed by atoms with Crippen LogP contribution >= 0.6 is 0 Å². The smallest absolute Gasteiger partial charge is 0.0992 e. The van der Waals surface area contributed by atoms with Crippen molar-refractivity contribution in [3.63, 3.8) is 0 Å². The standard InChI is InChI=1S/C15H20N2/c1-11-6-12(2)8-15(7-11)17-14-5-3-4-13(9-14)10-16/h3-5,9,11-12,15,17H,6-8H2,1-2H3. The molecule has 1 N–H and O–H groups in total. The summed E-state index contributed by atoms with van der Waals surface area (Å²) < 4.78 is 0. The molecule has 0 radical (unpaired) electrons. The van der Waals surface area contributed by atoms with Crippen molar-refractivity contribution in [3.05, 3.63) is 29.8 Å². The molecule has 2 nitrogen and oxygen atoms in total. The van der Waals surface area contributed by atoms with Crippen LogP contribution in [0.1, 0.15) is 38.7 Å². The van der Waals surface area contributed by atoms with Gasteiger partial charge >= 0.3 is 0 Å². The van der Waals surface area contributed by atoms with Crippen LogP contribution in [0, 0.1) is 23.2 Å². The second-order valence-electron chi connectivity index (χ2n) is 5.45. The minimum absolute atomic E-state index is 0.558. The Hall–Kier alpha value is -1.49. The van der Waals surface area contributed by atoms with Gasteiger partial charge in [0.15, 0.2) is 0 Å². The van der Waals surface area contributed by atoms with E-state index in [0.717, 1.165) is 23.1 Å². The molecule has 17 heavy (non-hydrogen) atoms. The van der Waals surface area contributed by atoms with Crippen LogP contribution < -0.4 is 5.32 Å². The van der Waals surface area contributed by atoms with Crippen LogP contribution in [0.5, 0.6) is 0 Å². The van der Waals surface area contributed by atoms with Gasteiger partial charge in [-0.2, -0.15) is 5.26 Å². The number of hydrogen-bond acceptors (Lipinski definition) is 2. The molecule has 2 unspecified atom stereocenters. The molecule has 0 heterocycles. The van der Waals surface area contributed by atoms with Crippen LogP contribution in [0.2, 0.25) is 0 Å². The molecule has 1 aromatic rings. The first kappa shape index (κ1) is 12.0. The van der Waals surface area contributed by atoms with Gasteiger partial charge in [-0.3, -0.25) is 0 Å². The van der Waals surface area contributed by atoms with Crippen molar-refractivity contribution < 1.29 is 0 Å². The molecule has 0 saturated heterocycles. The summed E-state index contributed by atoms with van der Waals surface area (Å²) in [5, 5.41) is 12.4. The van der Waals surface area contributed by atoms with Crippen molar-refractivity contribution in [1.82, 2.24) is 0 Å². The molecule has 1 aromatic carbocycles. The summed E-state index contributed by atoms with van der Waals surface area (Å²) in [4.78, 5) is 0. The molecule has 2 atom stereocenters. The van der Waals surface area contributed by atoms with Gasteiger partial charge in [-0.25, -0.2) is 0 Å². The fourth-order valence-corrected chi connectivity index (χ4v) is 2.98. The van der Waals surface area contributed by atoms with Gasteiger partial charge in [0.25, 0.3) is 0 Å². The Balaban J connectivity index is 2.02. The molecule has 1 aliphatic rings. The summed E-state index contributed by atoms with van der Waals surface area (Å²) in [5.41, 5.74) is 1.81. The van der Waals surface area contributed by atoms with Crippen molar-refractivity contribution in [2.24, 2.45) is 11.8 Å². The zero-order chi connectivity index (χ0) is 12.3. The zero-order valence-corrected chi connectivity index (χ0v) is 10.6. The van der Waals surface area contributed by atoms with Gasteiger partial charge in [-0.15, -0.1) is 0 Å². The lowest BCUT2D eigenvalue weighted by atomic mass is 9.80. The van der Waals surface area contributed by atoms with E-state index in [0.29, 0.717) is 6.04 Å². The van der Waals surface area contributed by atoms with Crippen LogP contribution in [-0.2, 0) is 0 Å². The summed E-state index contributed by atoms with van der Waals surface area (Å²) in [5.74, 6) is 1.60. The molecule has 0 bridgehead atoms. The Bertz CT molecular complexity index is 409. The number of nitrogens with one attached hydrogen (secondary N) is 1. The third-order valence-electron chi connectivity index (χ3n) is 3.54. The largest absolute Gasteiger partial charge is 0.382 e. The molecule has 1 saturated carbocycles. The topological polar surface area (TPSA) is 35.8 Å². The average molecular weight is 228 g/mol. The highest BCUT2D eigenvalue weighted by atomic mass is 14.9. The van der Waals surface area contributed by atoms with Gasteiger partial charge < -0.3 is 5.32 Å². The number of nitrogens with zero attached hydrogens (tertiary/aromatic N) is 1.